The number of aliphatic hydroxyl groups is 1. The lowest BCUT2D eigenvalue weighted by Crippen LogP contribution is -2.28. The Morgan fingerprint density at radius 3 is 1.10 bits per heavy atom. The third kappa shape index (κ3) is 49.7. The summed E-state index contributed by atoms with van der Waals surface area (Å²) in [5.41, 5.74) is 0. The summed E-state index contributed by atoms with van der Waals surface area (Å²) in [4.78, 5) is 24.4. The van der Waals surface area contributed by atoms with Crippen LogP contribution in [0.1, 0.15) is 245 Å². The van der Waals surface area contributed by atoms with Crippen molar-refractivity contribution in [3.63, 3.8) is 0 Å². The van der Waals surface area contributed by atoms with E-state index < -0.39 is 6.10 Å². The van der Waals surface area contributed by atoms with Gasteiger partial charge < -0.3 is 14.6 Å². The highest BCUT2D eigenvalue weighted by atomic mass is 16.6. The molecule has 1 N–H and O–H groups in total. The van der Waals surface area contributed by atoms with Crippen LogP contribution in [0.4, 0.5) is 0 Å². The molecule has 0 aliphatic rings. The smallest absolute Gasteiger partial charge is 0.306 e. The van der Waals surface area contributed by atoms with Gasteiger partial charge in [0.05, 0.1) is 6.61 Å². The molecule has 0 radical (unpaired) electrons. The molecule has 0 rings (SSSR count). The summed E-state index contributed by atoms with van der Waals surface area (Å²) < 4.78 is 10.6. The molecule has 0 saturated heterocycles. The number of hydrogen-bond donors (Lipinski definition) is 1. The largest absolute Gasteiger partial charge is 0.462 e. The van der Waals surface area contributed by atoms with Gasteiger partial charge in [-0.1, -0.05) is 227 Å². The van der Waals surface area contributed by atoms with Crippen LogP contribution >= 0.6 is 0 Å². The number of aliphatic hydroxyl groups excluding tert-OH is 1. The molecule has 0 heterocycles. The van der Waals surface area contributed by atoms with Gasteiger partial charge in [0.25, 0.3) is 0 Å². The van der Waals surface area contributed by atoms with Crippen molar-refractivity contribution in [3.8, 4) is 0 Å². The van der Waals surface area contributed by atoms with Crippen molar-refractivity contribution in [1.82, 2.24) is 0 Å². The molecule has 5 heteroatoms. The fourth-order valence-electron chi connectivity index (χ4n) is 7.26. The predicted molar refractivity (Wildman–Crippen MR) is 269 cm³/mol. The maximum Gasteiger partial charge on any atom is 0.306 e. The van der Waals surface area contributed by atoms with Crippen molar-refractivity contribution in [2.45, 2.75) is 251 Å². The van der Waals surface area contributed by atoms with E-state index in [0.29, 0.717) is 12.8 Å². The number of hydrogen-bond acceptors (Lipinski definition) is 5. The van der Waals surface area contributed by atoms with Crippen LogP contribution in [-0.4, -0.2) is 36.4 Å². The maximum atomic E-state index is 12.2. The Labute approximate surface area is 384 Å². The average Bonchev–Trinajstić information content (AvgIpc) is 3.28. The monoisotopic (exact) mass is 863 g/mol. The van der Waals surface area contributed by atoms with E-state index in [2.05, 4.69) is 98.9 Å². The molecule has 0 spiro atoms. The van der Waals surface area contributed by atoms with E-state index in [-0.39, 0.29) is 25.2 Å². The molecule has 0 saturated carbocycles. The summed E-state index contributed by atoms with van der Waals surface area (Å²) in [6.07, 6.45) is 72.6. The summed E-state index contributed by atoms with van der Waals surface area (Å²) in [6, 6.07) is 0. The van der Waals surface area contributed by atoms with Gasteiger partial charge in [0.1, 0.15) is 6.61 Å². The molecule has 0 bridgehead atoms. The number of unbranched alkanes of at least 4 members (excludes halogenated alkanes) is 25. The van der Waals surface area contributed by atoms with Crippen LogP contribution in [0.2, 0.25) is 0 Å². The van der Waals surface area contributed by atoms with Gasteiger partial charge in [0.2, 0.25) is 0 Å². The lowest BCUT2D eigenvalue weighted by Gasteiger charge is -2.15. The fourth-order valence-corrected chi connectivity index (χ4v) is 7.26. The molecule has 356 valence electrons. The van der Waals surface area contributed by atoms with E-state index in [1.165, 1.54) is 141 Å². The van der Waals surface area contributed by atoms with E-state index in [1.54, 1.807) is 0 Å². The Bertz CT molecular complexity index is 1160. The van der Waals surface area contributed by atoms with Gasteiger partial charge in [-0.15, -0.1) is 0 Å². The molecule has 5 nitrogen and oxygen atoms in total. The van der Waals surface area contributed by atoms with Crippen LogP contribution in [0.5, 0.6) is 0 Å². The van der Waals surface area contributed by atoms with Crippen LogP contribution in [0, 0.1) is 0 Å². The maximum absolute atomic E-state index is 12.2. The topological polar surface area (TPSA) is 72.8 Å². The third-order valence-electron chi connectivity index (χ3n) is 11.2. The van der Waals surface area contributed by atoms with Gasteiger partial charge >= 0.3 is 11.9 Å². The zero-order chi connectivity index (χ0) is 44.9. The molecule has 62 heavy (non-hydrogen) atoms. The van der Waals surface area contributed by atoms with Crippen molar-refractivity contribution in [2.24, 2.45) is 0 Å². The molecular formula is C57H98O5. The molecule has 0 amide bonds. The Kier molecular flexibility index (Phi) is 50.0. The highest BCUT2D eigenvalue weighted by Gasteiger charge is 2.16. The minimum Gasteiger partial charge on any atom is -0.462 e. The second kappa shape index (κ2) is 52.4. The zero-order valence-corrected chi connectivity index (χ0v) is 40.6. The SMILES string of the molecule is CC/C=C\C/C=C\C/C=C\C/C=C\C/C=C\C/C=C\CCCCC(=O)OC(CO)COC(=O)CCCCCCCCCCCCCCCCC/C=C\CCCCCCCCCC. The molecule has 1 unspecified atom stereocenters. The fraction of sp³-hybridized carbons (Fsp3) is 0.719. The van der Waals surface area contributed by atoms with Gasteiger partial charge in [-0.3, -0.25) is 9.59 Å². The molecule has 0 aromatic carbocycles. The van der Waals surface area contributed by atoms with Crippen LogP contribution in [0.15, 0.2) is 85.1 Å². The number of esters is 2. The lowest BCUT2D eigenvalue weighted by molar-refractivity contribution is -0.161. The van der Waals surface area contributed by atoms with Crippen molar-refractivity contribution in [3.05, 3.63) is 85.1 Å². The summed E-state index contributed by atoms with van der Waals surface area (Å²) in [7, 11) is 0. The minimum atomic E-state index is -0.800. The normalized spacial score (nSPS) is 12.9. The second-order valence-electron chi connectivity index (χ2n) is 17.2. The number of ether oxygens (including phenoxy) is 2. The van der Waals surface area contributed by atoms with Crippen LogP contribution in [-0.2, 0) is 19.1 Å². The first-order valence-electron chi connectivity index (χ1n) is 26.1. The van der Waals surface area contributed by atoms with Crippen LogP contribution in [0.3, 0.4) is 0 Å². The first-order chi connectivity index (χ1) is 30.6. The van der Waals surface area contributed by atoms with E-state index in [0.717, 1.165) is 77.0 Å². The Balaban J connectivity index is 3.55. The zero-order valence-electron chi connectivity index (χ0n) is 40.6. The van der Waals surface area contributed by atoms with E-state index in [4.69, 9.17) is 9.47 Å². The van der Waals surface area contributed by atoms with Gasteiger partial charge in [0, 0.05) is 12.8 Å². The summed E-state index contributed by atoms with van der Waals surface area (Å²) in [5, 5.41) is 9.62. The molecule has 0 aliphatic heterocycles. The van der Waals surface area contributed by atoms with Gasteiger partial charge in [-0.2, -0.15) is 0 Å². The highest BCUT2D eigenvalue weighted by Crippen LogP contribution is 2.15. The van der Waals surface area contributed by atoms with Gasteiger partial charge in [0.15, 0.2) is 6.10 Å². The van der Waals surface area contributed by atoms with Crippen molar-refractivity contribution >= 4 is 11.9 Å². The quantitative estimate of drug-likeness (QED) is 0.0375. The molecular weight excluding hydrogens is 765 g/mol. The first kappa shape index (κ1) is 59.1. The van der Waals surface area contributed by atoms with E-state index in [9.17, 15) is 14.7 Å². The molecule has 0 fully saturated rings. The van der Waals surface area contributed by atoms with Crippen LogP contribution in [0.25, 0.3) is 0 Å². The van der Waals surface area contributed by atoms with Crippen molar-refractivity contribution < 1.29 is 24.2 Å². The third-order valence-corrected chi connectivity index (χ3v) is 11.2. The number of carbonyl (C=O) groups excluding carboxylic acids is 2. The molecule has 0 aromatic rings. The Morgan fingerprint density at radius 1 is 0.387 bits per heavy atom. The van der Waals surface area contributed by atoms with Gasteiger partial charge in [-0.25, -0.2) is 0 Å². The minimum absolute atomic E-state index is 0.0864. The van der Waals surface area contributed by atoms with E-state index >= 15 is 0 Å². The molecule has 1 atom stereocenters. The lowest BCUT2D eigenvalue weighted by atomic mass is 10.0. The Morgan fingerprint density at radius 2 is 0.694 bits per heavy atom. The Hall–Kier alpha value is -2.92. The summed E-state index contributed by atoms with van der Waals surface area (Å²) in [6.45, 7) is 4.00. The highest BCUT2D eigenvalue weighted by molar-refractivity contribution is 5.70. The number of rotatable bonds is 47. The van der Waals surface area contributed by atoms with Crippen molar-refractivity contribution in [1.29, 1.82) is 0 Å². The second-order valence-corrected chi connectivity index (χ2v) is 17.2. The standard InChI is InChI=1S/C57H98O5/c1-3-5-7-9-11-13-15-17-19-21-23-25-26-27-28-29-30-32-33-35-37-39-41-43-45-47-49-51-56(59)61-54-55(53-58)62-57(60)52-50-48-46-44-42-40-38-36-34-31-24-22-20-18-16-14-12-10-8-6-4-2/h6,8,12,14,18,20-21,23-24,31,36,38,42,44,55,58H,3-5,7,9-11,13,15-17,19,22,25-30,32-35,37,39-41,43,45-54H2,1-2H3/b8-6-,14-12-,20-18-,23-21-,31-24-,38-36-,44-42-. The van der Waals surface area contributed by atoms with E-state index in [1.807, 2.05) is 0 Å². The molecule has 0 aromatic heterocycles. The van der Waals surface area contributed by atoms with Crippen molar-refractivity contribution in [2.75, 3.05) is 13.2 Å². The number of allylic oxidation sites excluding steroid dienone is 14. The van der Waals surface area contributed by atoms with Gasteiger partial charge in [-0.05, 0) is 89.9 Å². The number of carbonyl (C=O) groups is 2. The first-order valence-corrected chi connectivity index (χ1v) is 26.1. The summed E-state index contributed by atoms with van der Waals surface area (Å²) >= 11 is 0. The molecule has 0 aliphatic carbocycles. The summed E-state index contributed by atoms with van der Waals surface area (Å²) in [5.74, 6) is -0.640. The predicted octanol–water partition coefficient (Wildman–Crippen LogP) is 17.4. The average molecular weight is 863 g/mol. The van der Waals surface area contributed by atoms with Crippen LogP contribution < -0.4 is 0 Å².